The molecule has 140 valence electrons. The van der Waals surface area contributed by atoms with E-state index < -0.39 is 6.10 Å². The molecule has 3 aromatic rings. The van der Waals surface area contributed by atoms with Crippen LogP contribution < -0.4 is 10.1 Å². The number of para-hydroxylation sites is 1. The molecule has 3 rings (SSSR count). The van der Waals surface area contributed by atoms with Crippen LogP contribution >= 0.6 is 0 Å². The number of carbonyl (C=O) groups is 1. The van der Waals surface area contributed by atoms with Gasteiger partial charge in [-0.05, 0) is 62.1 Å². The number of aromatic nitrogens is 2. The minimum Gasteiger partial charge on any atom is -0.481 e. The van der Waals surface area contributed by atoms with Crippen LogP contribution in [0.3, 0.4) is 0 Å². The molecule has 0 radical (unpaired) electrons. The molecule has 1 unspecified atom stereocenters. The second kappa shape index (κ2) is 8.08. The Morgan fingerprint density at radius 3 is 2.74 bits per heavy atom. The Hall–Kier alpha value is -3.08. The zero-order valence-corrected chi connectivity index (χ0v) is 16.2. The number of hydrogen-bond acceptors (Lipinski definition) is 3. The Kier molecular flexibility index (Phi) is 5.60. The molecule has 2 aromatic carbocycles. The van der Waals surface area contributed by atoms with Gasteiger partial charge in [0.15, 0.2) is 6.10 Å². The van der Waals surface area contributed by atoms with Crippen molar-refractivity contribution in [1.82, 2.24) is 14.9 Å². The molecule has 1 aromatic heterocycles. The number of rotatable bonds is 6. The summed E-state index contributed by atoms with van der Waals surface area (Å²) < 4.78 is 7.86. The Bertz CT molecular complexity index is 933. The SMILES string of the molecule is Cc1cc(C)c(C)c(OC(C)C(=O)NCc2ccccc2-n2ccnc2)c1. The number of imidazole rings is 1. The van der Waals surface area contributed by atoms with Crippen molar-refractivity contribution in [3.05, 3.63) is 77.4 Å². The van der Waals surface area contributed by atoms with Gasteiger partial charge in [-0.2, -0.15) is 0 Å². The van der Waals surface area contributed by atoms with Crippen LogP contribution in [0.4, 0.5) is 0 Å². The molecule has 27 heavy (non-hydrogen) atoms. The van der Waals surface area contributed by atoms with Crippen molar-refractivity contribution < 1.29 is 9.53 Å². The highest BCUT2D eigenvalue weighted by molar-refractivity contribution is 5.80. The number of nitrogens with zero attached hydrogens (tertiary/aromatic N) is 2. The number of ether oxygens (including phenoxy) is 1. The van der Waals surface area contributed by atoms with E-state index in [0.29, 0.717) is 6.54 Å². The average Bonchev–Trinajstić information content (AvgIpc) is 3.18. The van der Waals surface area contributed by atoms with Gasteiger partial charge in [0.25, 0.3) is 5.91 Å². The summed E-state index contributed by atoms with van der Waals surface area (Å²) in [5.41, 5.74) is 5.35. The topological polar surface area (TPSA) is 56.1 Å². The summed E-state index contributed by atoms with van der Waals surface area (Å²) in [4.78, 5) is 16.6. The molecule has 5 heteroatoms. The van der Waals surface area contributed by atoms with Gasteiger partial charge < -0.3 is 14.6 Å². The predicted molar refractivity (Wildman–Crippen MR) is 106 cm³/mol. The van der Waals surface area contributed by atoms with Crippen LogP contribution in [0.5, 0.6) is 5.75 Å². The van der Waals surface area contributed by atoms with E-state index in [1.807, 2.05) is 61.9 Å². The summed E-state index contributed by atoms with van der Waals surface area (Å²) in [5.74, 6) is 0.614. The first-order valence-corrected chi connectivity index (χ1v) is 9.04. The predicted octanol–water partition coefficient (Wildman–Crippen LogP) is 3.88. The third-order valence-electron chi connectivity index (χ3n) is 4.66. The maximum atomic E-state index is 12.5. The van der Waals surface area contributed by atoms with Crippen LogP contribution in [0.25, 0.3) is 5.69 Å². The van der Waals surface area contributed by atoms with Gasteiger partial charge in [0.05, 0.1) is 12.0 Å². The van der Waals surface area contributed by atoms with E-state index in [9.17, 15) is 4.79 Å². The monoisotopic (exact) mass is 363 g/mol. The molecule has 1 atom stereocenters. The molecule has 0 fully saturated rings. The Balaban J connectivity index is 1.67. The lowest BCUT2D eigenvalue weighted by Crippen LogP contribution is -2.36. The van der Waals surface area contributed by atoms with E-state index in [1.165, 1.54) is 0 Å². The fourth-order valence-corrected chi connectivity index (χ4v) is 3.01. The van der Waals surface area contributed by atoms with Crippen molar-refractivity contribution >= 4 is 5.91 Å². The van der Waals surface area contributed by atoms with Crippen LogP contribution in [-0.2, 0) is 11.3 Å². The van der Waals surface area contributed by atoms with Crippen molar-refractivity contribution in [3.63, 3.8) is 0 Å². The maximum absolute atomic E-state index is 12.5. The third-order valence-corrected chi connectivity index (χ3v) is 4.66. The molecule has 0 saturated carbocycles. The van der Waals surface area contributed by atoms with Gasteiger partial charge in [-0.15, -0.1) is 0 Å². The molecular weight excluding hydrogens is 338 g/mol. The number of benzene rings is 2. The highest BCUT2D eigenvalue weighted by Crippen LogP contribution is 2.24. The number of hydrogen-bond donors (Lipinski definition) is 1. The summed E-state index contributed by atoms with van der Waals surface area (Å²) in [7, 11) is 0. The standard InChI is InChI=1S/C22H25N3O2/c1-15-11-16(2)17(3)21(12-15)27-18(4)22(26)24-13-19-7-5-6-8-20(19)25-10-9-23-14-25/h5-12,14,18H,13H2,1-4H3,(H,24,26). The van der Waals surface area contributed by atoms with Crippen molar-refractivity contribution in [2.45, 2.75) is 40.3 Å². The molecule has 0 aliphatic heterocycles. The van der Waals surface area contributed by atoms with Crippen LogP contribution in [0.1, 0.15) is 29.2 Å². The smallest absolute Gasteiger partial charge is 0.261 e. The Labute approximate surface area is 160 Å². The number of aryl methyl sites for hydroxylation is 2. The minimum atomic E-state index is -0.578. The van der Waals surface area contributed by atoms with E-state index in [1.54, 1.807) is 19.4 Å². The Morgan fingerprint density at radius 2 is 2.00 bits per heavy atom. The van der Waals surface area contributed by atoms with Gasteiger partial charge in [-0.3, -0.25) is 4.79 Å². The summed E-state index contributed by atoms with van der Waals surface area (Å²) in [5, 5.41) is 2.97. The minimum absolute atomic E-state index is 0.144. The largest absolute Gasteiger partial charge is 0.481 e. The molecule has 1 amide bonds. The van der Waals surface area contributed by atoms with Crippen molar-refractivity contribution in [1.29, 1.82) is 0 Å². The molecule has 0 bridgehead atoms. The molecule has 1 N–H and O–H groups in total. The van der Waals surface area contributed by atoms with Gasteiger partial charge in [-0.25, -0.2) is 4.98 Å². The molecular formula is C22H25N3O2. The second-order valence-electron chi connectivity index (χ2n) is 6.78. The molecule has 5 nitrogen and oxygen atoms in total. The van der Waals surface area contributed by atoms with Crippen LogP contribution in [-0.4, -0.2) is 21.6 Å². The fourth-order valence-electron chi connectivity index (χ4n) is 3.01. The highest BCUT2D eigenvalue weighted by Gasteiger charge is 2.17. The lowest BCUT2D eigenvalue weighted by atomic mass is 10.1. The third kappa shape index (κ3) is 4.37. The summed E-state index contributed by atoms with van der Waals surface area (Å²) in [6.45, 7) is 8.28. The second-order valence-corrected chi connectivity index (χ2v) is 6.78. The number of amides is 1. The van der Waals surface area contributed by atoms with Gasteiger partial charge in [0.1, 0.15) is 5.75 Å². The van der Waals surface area contributed by atoms with Gasteiger partial charge in [-0.1, -0.05) is 24.3 Å². The average molecular weight is 363 g/mol. The van der Waals surface area contributed by atoms with Gasteiger partial charge >= 0.3 is 0 Å². The van der Waals surface area contributed by atoms with Crippen molar-refractivity contribution in [3.8, 4) is 11.4 Å². The maximum Gasteiger partial charge on any atom is 0.261 e. The van der Waals surface area contributed by atoms with E-state index >= 15 is 0 Å². The quantitative estimate of drug-likeness (QED) is 0.723. The number of carbonyl (C=O) groups excluding carboxylic acids is 1. The zero-order valence-electron chi connectivity index (χ0n) is 16.2. The fraction of sp³-hybridized carbons (Fsp3) is 0.273. The summed E-state index contributed by atoms with van der Waals surface area (Å²) in [6, 6.07) is 12.0. The van der Waals surface area contributed by atoms with E-state index in [4.69, 9.17) is 4.74 Å². The van der Waals surface area contributed by atoms with E-state index in [0.717, 1.165) is 33.7 Å². The van der Waals surface area contributed by atoms with Crippen molar-refractivity contribution in [2.75, 3.05) is 0 Å². The normalized spacial score (nSPS) is 11.9. The van der Waals surface area contributed by atoms with Crippen LogP contribution in [0, 0.1) is 20.8 Å². The highest BCUT2D eigenvalue weighted by atomic mass is 16.5. The molecule has 1 heterocycles. The molecule has 0 aliphatic carbocycles. The number of nitrogens with one attached hydrogen (secondary N) is 1. The molecule has 0 spiro atoms. The zero-order chi connectivity index (χ0) is 19.4. The van der Waals surface area contributed by atoms with E-state index in [-0.39, 0.29) is 5.91 Å². The Morgan fingerprint density at radius 1 is 1.22 bits per heavy atom. The van der Waals surface area contributed by atoms with Crippen LogP contribution in [0.2, 0.25) is 0 Å². The van der Waals surface area contributed by atoms with Crippen molar-refractivity contribution in [2.24, 2.45) is 0 Å². The molecule has 0 saturated heterocycles. The summed E-state index contributed by atoms with van der Waals surface area (Å²) >= 11 is 0. The molecule has 0 aliphatic rings. The van der Waals surface area contributed by atoms with Crippen LogP contribution in [0.15, 0.2) is 55.1 Å². The first-order valence-electron chi connectivity index (χ1n) is 9.04. The lowest BCUT2D eigenvalue weighted by Gasteiger charge is -2.18. The lowest BCUT2D eigenvalue weighted by molar-refractivity contribution is -0.127. The van der Waals surface area contributed by atoms with Gasteiger partial charge in [0.2, 0.25) is 0 Å². The van der Waals surface area contributed by atoms with Gasteiger partial charge in [0, 0.05) is 18.9 Å². The first kappa shape index (κ1) is 18.7. The summed E-state index contributed by atoms with van der Waals surface area (Å²) in [6.07, 6.45) is 4.78. The van der Waals surface area contributed by atoms with E-state index in [2.05, 4.69) is 16.4 Å². The first-order chi connectivity index (χ1) is 13.0.